The summed E-state index contributed by atoms with van der Waals surface area (Å²) in [6.07, 6.45) is 4.67. The van der Waals surface area contributed by atoms with Gasteiger partial charge < -0.3 is 5.32 Å². The normalized spacial score (nSPS) is 20.3. The highest BCUT2D eigenvalue weighted by Crippen LogP contribution is 2.21. The fraction of sp³-hybridized carbons (Fsp3) is 0.400. The van der Waals surface area contributed by atoms with E-state index in [2.05, 4.69) is 15.0 Å². The first kappa shape index (κ1) is 14.4. The molecule has 112 valence electrons. The van der Waals surface area contributed by atoms with Crippen molar-refractivity contribution in [2.24, 2.45) is 0 Å². The van der Waals surface area contributed by atoms with Gasteiger partial charge in [-0.15, -0.1) is 0 Å². The predicted octanol–water partition coefficient (Wildman–Crippen LogP) is 1.66. The van der Waals surface area contributed by atoms with Gasteiger partial charge in [0, 0.05) is 24.2 Å². The van der Waals surface area contributed by atoms with Crippen LogP contribution in [0.15, 0.2) is 41.4 Å². The Morgan fingerprint density at radius 1 is 1.19 bits per heavy atom. The van der Waals surface area contributed by atoms with E-state index in [4.69, 9.17) is 0 Å². The molecular weight excluding hydrogens is 286 g/mol. The van der Waals surface area contributed by atoms with Crippen LogP contribution in [0.25, 0.3) is 10.9 Å². The fourth-order valence-corrected chi connectivity index (χ4v) is 4.20. The van der Waals surface area contributed by atoms with Crippen molar-refractivity contribution in [1.29, 1.82) is 0 Å². The van der Waals surface area contributed by atoms with Crippen LogP contribution >= 0.6 is 0 Å². The Bertz CT molecular complexity index is 717. The molecule has 0 saturated carbocycles. The van der Waals surface area contributed by atoms with E-state index in [1.807, 2.05) is 6.07 Å². The third-order valence-corrected chi connectivity index (χ3v) is 5.34. The van der Waals surface area contributed by atoms with Gasteiger partial charge in [-0.1, -0.05) is 12.5 Å². The molecule has 0 amide bonds. The lowest BCUT2D eigenvalue weighted by Crippen LogP contribution is -2.40. The topological polar surface area (TPSA) is 71.1 Å². The van der Waals surface area contributed by atoms with Crippen molar-refractivity contribution < 1.29 is 8.42 Å². The summed E-state index contributed by atoms with van der Waals surface area (Å²) in [7, 11) is -3.53. The summed E-state index contributed by atoms with van der Waals surface area (Å²) in [4.78, 5) is 4.52. The van der Waals surface area contributed by atoms with E-state index < -0.39 is 10.0 Å². The van der Waals surface area contributed by atoms with Crippen molar-refractivity contribution in [2.45, 2.75) is 30.2 Å². The quantitative estimate of drug-likeness (QED) is 0.904. The molecule has 0 radical (unpaired) electrons. The first-order chi connectivity index (χ1) is 10.2. The lowest BCUT2D eigenvalue weighted by atomic mass is 10.2. The number of pyridine rings is 1. The van der Waals surface area contributed by atoms with Crippen LogP contribution in [0.2, 0.25) is 0 Å². The maximum atomic E-state index is 12.7. The lowest BCUT2D eigenvalue weighted by molar-refractivity contribution is 0.522. The summed E-state index contributed by atoms with van der Waals surface area (Å²) >= 11 is 0. The van der Waals surface area contributed by atoms with Crippen molar-refractivity contribution >= 4 is 20.9 Å². The molecule has 21 heavy (non-hydrogen) atoms. The zero-order valence-corrected chi connectivity index (χ0v) is 12.6. The van der Waals surface area contributed by atoms with E-state index in [9.17, 15) is 8.42 Å². The molecule has 1 atom stereocenters. The molecule has 0 spiro atoms. The van der Waals surface area contributed by atoms with Crippen molar-refractivity contribution in [3.8, 4) is 0 Å². The second kappa shape index (κ2) is 6.09. The van der Waals surface area contributed by atoms with Crippen molar-refractivity contribution in [3.63, 3.8) is 0 Å². The number of benzene rings is 1. The van der Waals surface area contributed by atoms with Crippen LogP contribution in [0.4, 0.5) is 0 Å². The van der Waals surface area contributed by atoms with Gasteiger partial charge in [-0.3, -0.25) is 4.98 Å². The third kappa shape index (κ3) is 3.23. The van der Waals surface area contributed by atoms with Gasteiger partial charge in [0.1, 0.15) is 0 Å². The van der Waals surface area contributed by atoms with Gasteiger partial charge in [-0.05, 0) is 43.7 Å². The Hall–Kier alpha value is -1.50. The Kier molecular flexibility index (Phi) is 4.19. The molecule has 6 heteroatoms. The molecule has 3 rings (SSSR count). The molecule has 1 aliphatic rings. The van der Waals surface area contributed by atoms with Crippen LogP contribution in [0.3, 0.4) is 0 Å². The fourth-order valence-electron chi connectivity index (χ4n) is 2.71. The molecule has 2 aromatic rings. The van der Waals surface area contributed by atoms with Crippen LogP contribution in [0.5, 0.6) is 0 Å². The molecule has 2 N–H and O–H groups in total. The van der Waals surface area contributed by atoms with Gasteiger partial charge in [0.15, 0.2) is 0 Å². The number of rotatable bonds is 3. The number of hydrogen-bond acceptors (Lipinski definition) is 4. The molecule has 5 nitrogen and oxygen atoms in total. The molecule has 1 unspecified atom stereocenters. The molecule has 2 heterocycles. The number of sulfonamides is 1. The van der Waals surface area contributed by atoms with E-state index >= 15 is 0 Å². The first-order valence-electron chi connectivity index (χ1n) is 7.24. The van der Waals surface area contributed by atoms with Gasteiger partial charge in [-0.25, -0.2) is 13.1 Å². The SMILES string of the molecule is O=S(=O)(NC1CCCCNC1)c1cccc2ncccc12. The number of hydrogen-bond donors (Lipinski definition) is 2. The summed E-state index contributed by atoms with van der Waals surface area (Å²) in [5.74, 6) is 0. The van der Waals surface area contributed by atoms with Crippen molar-refractivity contribution in [3.05, 3.63) is 36.5 Å². The van der Waals surface area contributed by atoms with Crippen LogP contribution in [-0.2, 0) is 10.0 Å². The number of aromatic nitrogens is 1. The van der Waals surface area contributed by atoms with Crippen LogP contribution in [-0.4, -0.2) is 32.5 Å². The Labute approximate surface area is 124 Å². The van der Waals surface area contributed by atoms with Gasteiger partial charge in [0.05, 0.1) is 10.4 Å². The maximum absolute atomic E-state index is 12.7. The summed E-state index contributed by atoms with van der Waals surface area (Å²) in [6, 6.07) is 8.69. The highest BCUT2D eigenvalue weighted by atomic mass is 32.2. The zero-order valence-electron chi connectivity index (χ0n) is 11.7. The van der Waals surface area contributed by atoms with Crippen molar-refractivity contribution in [1.82, 2.24) is 15.0 Å². The molecule has 1 aliphatic heterocycles. The highest BCUT2D eigenvalue weighted by molar-refractivity contribution is 7.89. The lowest BCUT2D eigenvalue weighted by Gasteiger charge is -2.17. The molecule has 1 fully saturated rings. The number of nitrogens with zero attached hydrogens (tertiary/aromatic N) is 1. The van der Waals surface area contributed by atoms with Gasteiger partial charge in [0.25, 0.3) is 0 Å². The minimum atomic E-state index is -3.53. The largest absolute Gasteiger partial charge is 0.315 e. The molecular formula is C15H19N3O2S. The zero-order chi connectivity index (χ0) is 14.7. The van der Waals surface area contributed by atoms with E-state index in [0.717, 1.165) is 25.8 Å². The molecule has 0 bridgehead atoms. The van der Waals surface area contributed by atoms with Gasteiger partial charge in [0.2, 0.25) is 10.0 Å². The minimum Gasteiger partial charge on any atom is -0.315 e. The average Bonchev–Trinajstić information content (AvgIpc) is 2.75. The van der Waals surface area contributed by atoms with Gasteiger partial charge >= 0.3 is 0 Å². The molecule has 1 aromatic carbocycles. The Balaban J connectivity index is 1.92. The standard InChI is InChI=1S/C15H19N3O2S/c19-21(20,18-12-5-1-2-9-16-11-12)15-8-3-7-14-13(15)6-4-10-17-14/h3-4,6-8,10,12,16,18H,1-2,5,9,11H2. The molecule has 1 aromatic heterocycles. The molecule has 1 saturated heterocycles. The van der Waals surface area contributed by atoms with Crippen molar-refractivity contribution in [2.75, 3.05) is 13.1 Å². The summed E-state index contributed by atoms with van der Waals surface area (Å²) in [5.41, 5.74) is 0.694. The van der Waals surface area contributed by atoms with Crippen LogP contribution in [0.1, 0.15) is 19.3 Å². The number of nitrogens with one attached hydrogen (secondary N) is 2. The second-order valence-corrected chi connectivity index (χ2v) is 7.03. The monoisotopic (exact) mass is 305 g/mol. The Morgan fingerprint density at radius 3 is 3.00 bits per heavy atom. The summed E-state index contributed by atoms with van der Waals surface area (Å²) < 4.78 is 28.1. The predicted molar refractivity (Wildman–Crippen MR) is 82.6 cm³/mol. The minimum absolute atomic E-state index is 0.0515. The summed E-state index contributed by atoms with van der Waals surface area (Å²) in [6.45, 7) is 1.64. The van der Waals surface area contributed by atoms with E-state index in [0.29, 0.717) is 22.3 Å². The van der Waals surface area contributed by atoms with Crippen LogP contribution in [0, 0.1) is 0 Å². The van der Waals surface area contributed by atoms with E-state index in [1.165, 1.54) is 0 Å². The maximum Gasteiger partial charge on any atom is 0.241 e. The third-order valence-electron chi connectivity index (χ3n) is 3.76. The van der Waals surface area contributed by atoms with E-state index in [1.54, 1.807) is 30.5 Å². The van der Waals surface area contributed by atoms with Gasteiger partial charge in [-0.2, -0.15) is 0 Å². The second-order valence-electron chi connectivity index (χ2n) is 5.34. The smallest absolute Gasteiger partial charge is 0.241 e. The highest BCUT2D eigenvalue weighted by Gasteiger charge is 2.22. The molecule has 0 aliphatic carbocycles. The summed E-state index contributed by atoms with van der Waals surface area (Å²) in [5, 5.41) is 3.93. The average molecular weight is 305 g/mol. The first-order valence-corrected chi connectivity index (χ1v) is 8.72. The Morgan fingerprint density at radius 2 is 2.10 bits per heavy atom. The van der Waals surface area contributed by atoms with Crippen LogP contribution < -0.4 is 10.0 Å². The number of fused-ring (bicyclic) bond motifs is 1. The van der Waals surface area contributed by atoms with E-state index in [-0.39, 0.29) is 6.04 Å².